The minimum absolute atomic E-state index is 0.266. The topological polar surface area (TPSA) is 120 Å². The van der Waals surface area contributed by atoms with Crippen molar-refractivity contribution in [3.8, 4) is 0 Å². The molecular weight excluding hydrogens is 456 g/mol. The molecular formula is C25H25ClN4O4. The minimum Gasteiger partial charge on any atom is -0.361 e. The number of amides is 4. The van der Waals surface area contributed by atoms with E-state index in [0.29, 0.717) is 30.0 Å². The molecule has 1 aliphatic rings. The summed E-state index contributed by atoms with van der Waals surface area (Å²) in [5.41, 5.74) is 2.37. The van der Waals surface area contributed by atoms with E-state index in [2.05, 4.69) is 20.9 Å². The second-order valence-corrected chi connectivity index (χ2v) is 8.79. The monoisotopic (exact) mass is 480 g/mol. The van der Waals surface area contributed by atoms with Gasteiger partial charge < -0.3 is 15.6 Å². The van der Waals surface area contributed by atoms with Crippen LogP contribution in [0, 0.1) is 0 Å². The van der Waals surface area contributed by atoms with E-state index in [1.54, 1.807) is 30.3 Å². The zero-order valence-corrected chi connectivity index (χ0v) is 19.4. The smallest absolute Gasteiger partial charge is 0.313 e. The molecule has 0 bridgehead atoms. The molecule has 0 saturated carbocycles. The number of aromatic nitrogens is 1. The molecule has 2 heterocycles. The van der Waals surface area contributed by atoms with Gasteiger partial charge in [-0.1, -0.05) is 30.7 Å². The number of halogens is 1. The van der Waals surface area contributed by atoms with Gasteiger partial charge in [-0.15, -0.1) is 0 Å². The summed E-state index contributed by atoms with van der Waals surface area (Å²) in [6.07, 6.45) is 3.66. The van der Waals surface area contributed by atoms with Crippen molar-refractivity contribution in [3.05, 3.63) is 64.8 Å². The van der Waals surface area contributed by atoms with Gasteiger partial charge in [0.15, 0.2) is 0 Å². The van der Waals surface area contributed by atoms with E-state index in [9.17, 15) is 19.2 Å². The SMILES string of the molecule is CC[C@@]1(c2ccc(NC(=O)C(=O)NCCc3c[nH]c4ccc(Cl)cc34)cc2)CCC(=O)NC1=O. The highest BCUT2D eigenvalue weighted by Crippen LogP contribution is 2.36. The molecule has 3 aromatic rings. The third-order valence-corrected chi connectivity index (χ3v) is 6.62. The number of hydrogen-bond acceptors (Lipinski definition) is 4. The second kappa shape index (κ2) is 9.69. The molecule has 4 N–H and O–H groups in total. The third-order valence-electron chi connectivity index (χ3n) is 6.38. The zero-order chi connectivity index (χ0) is 24.3. The number of imide groups is 1. The summed E-state index contributed by atoms with van der Waals surface area (Å²) in [5.74, 6) is -2.09. The van der Waals surface area contributed by atoms with E-state index in [1.807, 2.05) is 25.3 Å². The van der Waals surface area contributed by atoms with Crippen LogP contribution in [-0.4, -0.2) is 35.2 Å². The molecule has 2 aromatic carbocycles. The molecule has 1 aliphatic heterocycles. The lowest BCUT2D eigenvalue weighted by Gasteiger charge is -2.35. The van der Waals surface area contributed by atoms with Crippen LogP contribution in [0.3, 0.4) is 0 Å². The average Bonchev–Trinajstić information content (AvgIpc) is 3.22. The molecule has 34 heavy (non-hydrogen) atoms. The third kappa shape index (κ3) is 4.68. The largest absolute Gasteiger partial charge is 0.361 e. The van der Waals surface area contributed by atoms with Gasteiger partial charge in [0.1, 0.15) is 0 Å². The van der Waals surface area contributed by atoms with Gasteiger partial charge in [0.05, 0.1) is 5.41 Å². The molecule has 1 atom stereocenters. The van der Waals surface area contributed by atoms with Crippen LogP contribution in [0.5, 0.6) is 0 Å². The summed E-state index contributed by atoms with van der Waals surface area (Å²) >= 11 is 6.06. The van der Waals surface area contributed by atoms with Crippen molar-refractivity contribution < 1.29 is 19.2 Å². The summed E-state index contributed by atoms with van der Waals surface area (Å²) in [6.45, 7) is 2.19. The number of benzene rings is 2. The zero-order valence-electron chi connectivity index (χ0n) is 18.7. The van der Waals surface area contributed by atoms with Crippen molar-refractivity contribution in [3.63, 3.8) is 0 Å². The van der Waals surface area contributed by atoms with Crippen molar-refractivity contribution in [2.75, 3.05) is 11.9 Å². The first-order chi connectivity index (χ1) is 16.3. The van der Waals surface area contributed by atoms with Gasteiger partial charge in [-0.2, -0.15) is 0 Å². The Kier molecular flexibility index (Phi) is 6.70. The van der Waals surface area contributed by atoms with Gasteiger partial charge in [0.25, 0.3) is 0 Å². The average molecular weight is 481 g/mol. The highest BCUT2D eigenvalue weighted by molar-refractivity contribution is 6.39. The van der Waals surface area contributed by atoms with Crippen LogP contribution in [0.4, 0.5) is 5.69 Å². The molecule has 1 aromatic heterocycles. The predicted octanol–water partition coefficient (Wildman–Crippen LogP) is 3.20. The Hall–Kier alpha value is -3.65. The number of H-pyrrole nitrogens is 1. The van der Waals surface area contributed by atoms with Crippen LogP contribution in [0.15, 0.2) is 48.7 Å². The van der Waals surface area contributed by atoms with E-state index >= 15 is 0 Å². The fraction of sp³-hybridized carbons (Fsp3) is 0.280. The first-order valence-corrected chi connectivity index (χ1v) is 11.5. The number of piperidine rings is 1. The molecule has 0 spiro atoms. The molecule has 0 radical (unpaired) electrons. The molecule has 4 amide bonds. The quantitative estimate of drug-likeness (QED) is 0.320. The van der Waals surface area contributed by atoms with Crippen molar-refractivity contribution in [1.82, 2.24) is 15.6 Å². The van der Waals surface area contributed by atoms with Gasteiger partial charge in [0.2, 0.25) is 11.8 Å². The molecule has 8 nitrogen and oxygen atoms in total. The van der Waals surface area contributed by atoms with Gasteiger partial charge >= 0.3 is 11.8 Å². The summed E-state index contributed by atoms with van der Waals surface area (Å²) < 4.78 is 0. The Morgan fingerprint density at radius 1 is 1.09 bits per heavy atom. The lowest BCUT2D eigenvalue weighted by atomic mass is 9.72. The highest BCUT2D eigenvalue weighted by atomic mass is 35.5. The van der Waals surface area contributed by atoms with Crippen LogP contribution < -0.4 is 16.0 Å². The summed E-state index contributed by atoms with van der Waals surface area (Å²) in [7, 11) is 0. The molecule has 9 heteroatoms. The standard InChI is InChI=1S/C25H25ClN4O4/c1-2-25(11-9-21(31)30-24(25)34)16-3-6-18(7-4-16)29-23(33)22(32)27-12-10-15-14-28-20-8-5-17(26)13-19(15)20/h3-8,13-14,28H,2,9-12H2,1H3,(H,27,32)(H,29,33)(H,30,31,34)/t25-/m0/s1. The van der Waals surface area contributed by atoms with Crippen molar-refractivity contribution in [2.24, 2.45) is 0 Å². The number of rotatable bonds is 6. The van der Waals surface area contributed by atoms with Crippen LogP contribution in [0.2, 0.25) is 5.02 Å². The number of carbonyl (C=O) groups excluding carboxylic acids is 4. The molecule has 4 rings (SSSR count). The van der Waals surface area contributed by atoms with E-state index < -0.39 is 17.2 Å². The Morgan fingerprint density at radius 2 is 1.85 bits per heavy atom. The van der Waals surface area contributed by atoms with Gasteiger partial charge in [0, 0.05) is 40.8 Å². The Morgan fingerprint density at radius 3 is 2.56 bits per heavy atom. The van der Waals surface area contributed by atoms with Crippen molar-refractivity contribution >= 4 is 51.8 Å². The molecule has 1 saturated heterocycles. The van der Waals surface area contributed by atoms with Gasteiger partial charge in [-0.05, 0) is 60.7 Å². The van der Waals surface area contributed by atoms with E-state index in [0.717, 1.165) is 22.0 Å². The number of anilines is 1. The molecule has 0 unspecified atom stereocenters. The fourth-order valence-corrected chi connectivity index (χ4v) is 4.55. The number of nitrogens with one attached hydrogen (secondary N) is 4. The van der Waals surface area contributed by atoms with Crippen LogP contribution >= 0.6 is 11.6 Å². The lowest BCUT2D eigenvalue weighted by molar-refractivity contribution is -0.138. The summed E-state index contributed by atoms with van der Waals surface area (Å²) in [6, 6.07) is 12.3. The minimum atomic E-state index is -0.777. The number of fused-ring (bicyclic) bond motifs is 1. The van der Waals surface area contributed by atoms with Crippen LogP contribution in [0.1, 0.15) is 37.3 Å². The van der Waals surface area contributed by atoms with Crippen molar-refractivity contribution in [2.45, 2.75) is 38.0 Å². The Balaban J connectivity index is 1.33. The van der Waals surface area contributed by atoms with E-state index in [1.165, 1.54) is 0 Å². The molecule has 0 aliphatic carbocycles. The first-order valence-electron chi connectivity index (χ1n) is 11.1. The van der Waals surface area contributed by atoms with Gasteiger partial charge in [-0.25, -0.2) is 0 Å². The fourth-order valence-electron chi connectivity index (χ4n) is 4.38. The summed E-state index contributed by atoms with van der Waals surface area (Å²) in [5, 5.41) is 9.22. The Bertz CT molecular complexity index is 1270. The Labute approximate surface area is 201 Å². The maximum atomic E-state index is 12.5. The first kappa shape index (κ1) is 23.5. The van der Waals surface area contributed by atoms with Crippen LogP contribution in [0.25, 0.3) is 10.9 Å². The number of aromatic amines is 1. The predicted molar refractivity (Wildman–Crippen MR) is 129 cm³/mol. The highest BCUT2D eigenvalue weighted by Gasteiger charge is 2.42. The second-order valence-electron chi connectivity index (χ2n) is 8.35. The van der Waals surface area contributed by atoms with Crippen LogP contribution in [-0.2, 0) is 31.0 Å². The summed E-state index contributed by atoms with van der Waals surface area (Å²) in [4.78, 5) is 51.8. The molecule has 1 fully saturated rings. The number of carbonyl (C=O) groups is 4. The molecule has 176 valence electrons. The normalized spacial score (nSPS) is 17.9. The van der Waals surface area contributed by atoms with E-state index in [-0.39, 0.29) is 24.8 Å². The van der Waals surface area contributed by atoms with Gasteiger partial charge in [-0.3, -0.25) is 24.5 Å². The number of hydrogen-bond donors (Lipinski definition) is 4. The lowest BCUT2D eigenvalue weighted by Crippen LogP contribution is -2.51. The van der Waals surface area contributed by atoms with E-state index in [4.69, 9.17) is 11.6 Å². The van der Waals surface area contributed by atoms with Crippen molar-refractivity contribution in [1.29, 1.82) is 0 Å². The maximum Gasteiger partial charge on any atom is 0.313 e. The maximum absolute atomic E-state index is 12.5.